The molecule has 0 spiro atoms. The zero-order valence-corrected chi connectivity index (χ0v) is 15.1. The minimum absolute atomic E-state index is 0.186. The Morgan fingerprint density at radius 2 is 1.96 bits per heavy atom. The van der Waals surface area contributed by atoms with E-state index in [9.17, 15) is 9.59 Å². The number of likely N-dealkylation sites (tertiary alicyclic amines) is 1. The van der Waals surface area contributed by atoms with E-state index < -0.39 is 0 Å². The van der Waals surface area contributed by atoms with Gasteiger partial charge in [-0.2, -0.15) is 4.99 Å². The highest BCUT2D eigenvalue weighted by Crippen LogP contribution is 2.33. The van der Waals surface area contributed by atoms with E-state index in [-0.39, 0.29) is 11.8 Å². The number of hydrogen-bond acceptors (Lipinski definition) is 4. The number of benzene rings is 1. The van der Waals surface area contributed by atoms with E-state index in [1.165, 1.54) is 29.9 Å². The van der Waals surface area contributed by atoms with Crippen LogP contribution in [0.1, 0.15) is 31.2 Å². The van der Waals surface area contributed by atoms with Crippen LogP contribution in [0.4, 0.5) is 0 Å². The van der Waals surface area contributed by atoms with E-state index in [0.29, 0.717) is 17.1 Å². The largest absolute Gasteiger partial charge is 0.343 e. The number of nitrogens with zero attached hydrogens (tertiary/aromatic N) is 2. The summed E-state index contributed by atoms with van der Waals surface area (Å²) in [5, 5.41) is 0. The molecule has 3 rings (SSSR count). The third-order valence-corrected chi connectivity index (χ3v) is 6.08. The van der Waals surface area contributed by atoms with Crippen molar-refractivity contribution < 1.29 is 9.59 Å². The van der Waals surface area contributed by atoms with Gasteiger partial charge in [-0.05, 0) is 30.9 Å². The predicted molar refractivity (Wildman–Crippen MR) is 102 cm³/mol. The van der Waals surface area contributed by atoms with Crippen molar-refractivity contribution in [2.75, 3.05) is 18.8 Å². The fourth-order valence-corrected chi connectivity index (χ4v) is 4.68. The molecule has 2 aliphatic heterocycles. The van der Waals surface area contributed by atoms with Crippen LogP contribution < -0.4 is 0 Å². The topological polar surface area (TPSA) is 49.7 Å². The Hall–Kier alpha value is -1.53. The van der Waals surface area contributed by atoms with Gasteiger partial charge in [0, 0.05) is 25.3 Å². The first-order valence-corrected chi connectivity index (χ1v) is 10.0. The first-order chi connectivity index (χ1) is 11.7. The smallest absolute Gasteiger partial charge is 0.285 e. The van der Waals surface area contributed by atoms with Crippen molar-refractivity contribution in [3.05, 3.63) is 40.8 Å². The van der Waals surface area contributed by atoms with E-state index in [4.69, 9.17) is 0 Å². The molecule has 0 radical (unpaired) electrons. The molecule has 6 heteroatoms. The Labute approximate surface area is 150 Å². The van der Waals surface area contributed by atoms with Crippen LogP contribution in [-0.4, -0.2) is 39.9 Å². The Morgan fingerprint density at radius 3 is 2.71 bits per heavy atom. The van der Waals surface area contributed by atoms with Crippen LogP contribution in [-0.2, 0) is 9.59 Å². The van der Waals surface area contributed by atoms with Crippen LogP contribution in [0, 0.1) is 0 Å². The van der Waals surface area contributed by atoms with Crippen LogP contribution in [0.25, 0.3) is 6.08 Å². The molecular formula is C18H20N2O2S2. The van der Waals surface area contributed by atoms with Crippen LogP contribution in [0.2, 0.25) is 0 Å². The van der Waals surface area contributed by atoms with E-state index in [1.807, 2.05) is 41.3 Å². The van der Waals surface area contributed by atoms with Gasteiger partial charge in [0.25, 0.3) is 5.91 Å². The molecule has 2 aliphatic rings. The fraction of sp³-hybridized carbons (Fsp3) is 0.389. The number of carbonyl (C=O) groups is 2. The lowest BCUT2D eigenvalue weighted by atomic mass is 10.1. The van der Waals surface area contributed by atoms with Crippen molar-refractivity contribution >= 4 is 45.8 Å². The standard InChI is InChI=1S/C18H20N2O2S2/c21-16(20-10-5-2-6-11-20)9-12-23-18-19-17(22)15(24-18)13-14-7-3-1-4-8-14/h1,3-4,7-8,13H,2,5-6,9-12H2. The maximum absolute atomic E-state index is 12.1. The minimum Gasteiger partial charge on any atom is -0.343 e. The second-order valence-corrected chi connectivity index (χ2v) is 8.12. The summed E-state index contributed by atoms with van der Waals surface area (Å²) in [6.07, 6.45) is 5.83. The average Bonchev–Trinajstić information content (AvgIpc) is 2.96. The normalized spacial score (nSPS) is 19.7. The van der Waals surface area contributed by atoms with E-state index in [1.54, 1.807) is 0 Å². The Kier molecular flexibility index (Phi) is 6.15. The number of amides is 2. The van der Waals surface area contributed by atoms with Gasteiger partial charge in [0.05, 0.1) is 4.91 Å². The molecule has 126 valence electrons. The zero-order valence-electron chi connectivity index (χ0n) is 13.4. The molecule has 0 N–H and O–H groups in total. The molecule has 1 saturated heterocycles. The molecule has 24 heavy (non-hydrogen) atoms. The minimum atomic E-state index is -0.186. The molecule has 0 saturated carbocycles. The van der Waals surface area contributed by atoms with Crippen molar-refractivity contribution in [2.45, 2.75) is 25.7 Å². The van der Waals surface area contributed by atoms with Crippen LogP contribution in [0.3, 0.4) is 0 Å². The molecule has 0 unspecified atom stereocenters. The molecule has 2 amide bonds. The van der Waals surface area contributed by atoms with Crippen LogP contribution in [0.15, 0.2) is 40.2 Å². The first-order valence-electron chi connectivity index (χ1n) is 8.20. The highest BCUT2D eigenvalue weighted by Gasteiger charge is 2.23. The second kappa shape index (κ2) is 8.53. The van der Waals surface area contributed by atoms with Gasteiger partial charge in [0.15, 0.2) is 0 Å². The summed E-state index contributed by atoms with van der Waals surface area (Å²) in [5.74, 6) is 0.707. The summed E-state index contributed by atoms with van der Waals surface area (Å²) in [6, 6.07) is 9.76. The van der Waals surface area contributed by atoms with Gasteiger partial charge >= 0.3 is 0 Å². The third kappa shape index (κ3) is 4.74. The van der Waals surface area contributed by atoms with Crippen molar-refractivity contribution in [1.29, 1.82) is 0 Å². The predicted octanol–water partition coefficient (Wildman–Crippen LogP) is 3.79. The number of rotatable bonds is 4. The summed E-state index contributed by atoms with van der Waals surface area (Å²) in [4.78, 5) is 30.8. The van der Waals surface area contributed by atoms with Gasteiger partial charge in [-0.3, -0.25) is 9.59 Å². The summed E-state index contributed by atoms with van der Waals surface area (Å²) in [7, 11) is 0. The molecule has 0 aliphatic carbocycles. The average molecular weight is 361 g/mol. The lowest BCUT2D eigenvalue weighted by Gasteiger charge is -2.26. The zero-order chi connectivity index (χ0) is 16.8. The summed E-state index contributed by atoms with van der Waals surface area (Å²) in [5.41, 5.74) is 0.995. The molecule has 4 nitrogen and oxygen atoms in total. The van der Waals surface area contributed by atoms with Crippen molar-refractivity contribution in [2.24, 2.45) is 4.99 Å². The SMILES string of the molecule is O=C1N=C(SCCC(=O)N2CCCCC2)SC1=Cc1ccccc1. The number of piperidine rings is 1. The third-order valence-electron chi connectivity index (χ3n) is 3.95. The quantitative estimate of drug-likeness (QED) is 0.767. The second-order valence-electron chi connectivity index (χ2n) is 5.74. The number of hydrogen-bond donors (Lipinski definition) is 0. The van der Waals surface area contributed by atoms with Crippen molar-refractivity contribution in [3.8, 4) is 0 Å². The molecule has 0 atom stereocenters. The molecule has 1 fully saturated rings. The fourth-order valence-electron chi connectivity index (χ4n) is 2.68. The van der Waals surface area contributed by atoms with Crippen LogP contribution in [0.5, 0.6) is 0 Å². The van der Waals surface area contributed by atoms with Crippen molar-refractivity contribution in [1.82, 2.24) is 4.90 Å². The van der Waals surface area contributed by atoms with E-state index in [2.05, 4.69) is 4.99 Å². The number of carbonyl (C=O) groups excluding carboxylic acids is 2. The van der Waals surface area contributed by atoms with Gasteiger partial charge in [-0.15, -0.1) is 0 Å². The van der Waals surface area contributed by atoms with Gasteiger partial charge < -0.3 is 4.90 Å². The summed E-state index contributed by atoms with van der Waals surface area (Å²) < 4.78 is 0.744. The molecule has 1 aromatic carbocycles. The van der Waals surface area contributed by atoms with Gasteiger partial charge in [-0.25, -0.2) is 0 Å². The van der Waals surface area contributed by atoms with E-state index >= 15 is 0 Å². The lowest BCUT2D eigenvalue weighted by molar-refractivity contribution is -0.131. The molecule has 0 aromatic heterocycles. The molecular weight excluding hydrogens is 340 g/mol. The Balaban J connectivity index is 1.47. The summed E-state index contributed by atoms with van der Waals surface area (Å²) in [6.45, 7) is 1.78. The van der Waals surface area contributed by atoms with Gasteiger partial charge in [-0.1, -0.05) is 53.9 Å². The highest BCUT2D eigenvalue weighted by molar-refractivity contribution is 8.41. The monoisotopic (exact) mass is 360 g/mol. The Morgan fingerprint density at radius 1 is 1.21 bits per heavy atom. The number of thioether (sulfide) groups is 2. The molecule has 1 aromatic rings. The first kappa shape index (κ1) is 17.3. The van der Waals surface area contributed by atoms with Gasteiger partial charge in [0.2, 0.25) is 5.91 Å². The van der Waals surface area contributed by atoms with Crippen LogP contribution >= 0.6 is 23.5 Å². The molecule has 0 bridgehead atoms. The maximum atomic E-state index is 12.1. The lowest BCUT2D eigenvalue weighted by Crippen LogP contribution is -2.35. The number of aliphatic imine (C=N–C) groups is 1. The molecule has 2 heterocycles. The van der Waals surface area contributed by atoms with E-state index in [0.717, 1.165) is 35.9 Å². The Bertz CT molecular complexity index is 665. The maximum Gasteiger partial charge on any atom is 0.285 e. The highest BCUT2D eigenvalue weighted by atomic mass is 32.2. The van der Waals surface area contributed by atoms with Crippen molar-refractivity contribution in [3.63, 3.8) is 0 Å². The van der Waals surface area contributed by atoms with Gasteiger partial charge in [0.1, 0.15) is 4.38 Å². The summed E-state index contributed by atoms with van der Waals surface area (Å²) >= 11 is 2.90.